The molecule has 0 spiro atoms. The Morgan fingerprint density at radius 1 is 1.17 bits per heavy atom. The lowest BCUT2D eigenvalue weighted by molar-refractivity contribution is -0.120. The highest BCUT2D eigenvalue weighted by Gasteiger charge is 2.16. The normalized spacial score (nSPS) is 12.0. The first-order valence-electron chi connectivity index (χ1n) is 9.39. The molecule has 0 saturated carbocycles. The second-order valence-electron chi connectivity index (χ2n) is 6.28. The van der Waals surface area contributed by atoms with Crippen molar-refractivity contribution in [2.45, 2.75) is 19.8 Å². The van der Waals surface area contributed by atoms with Gasteiger partial charge < -0.3 is 19.5 Å². The molecular weight excluding hydrogens is 374 g/mol. The quantitative estimate of drug-likeness (QED) is 0.385. The van der Waals surface area contributed by atoms with E-state index in [1.54, 1.807) is 18.2 Å². The highest BCUT2D eigenvalue weighted by Crippen LogP contribution is 2.32. The number of amides is 2. The Balaban J connectivity index is 1.47. The Hall–Kier alpha value is -3.55. The summed E-state index contributed by atoms with van der Waals surface area (Å²) in [6, 6.07) is 12.3. The molecule has 0 atom stereocenters. The van der Waals surface area contributed by atoms with Gasteiger partial charge in [0.2, 0.25) is 6.79 Å². The molecule has 3 rings (SSSR count). The van der Waals surface area contributed by atoms with Gasteiger partial charge >= 0.3 is 0 Å². The number of fused-ring (bicyclic) bond motifs is 1. The maximum Gasteiger partial charge on any atom is 0.259 e. The SMILES string of the molecule is CCCCOc1ccccc1/C=N\NC(=O)CNC(=O)c1ccc2c(c1)OCO2. The minimum Gasteiger partial charge on any atom is -0.493 e. The summed E-state index contributed by atoms with van der Waals surface area (Å²) in [7, 11) is 0. The summed E-state index contributed by atoms with van der Waals surface area (Å²) in [6.07, 6.45) is 3.52. The second-order valence-corrected chi connectivity index (χ2v) is 6.28. The Morgan fingerprint density at radius 2 is 2.00 bits per heavy atom. The van der Waals surface area contributed by atoms with Crippen LogP contribution in [0.5, 0.6) is 17.2 Å². The molecule has 0 aliphatic carbocycles. The molecule has 8 heteroatoms. The Bertz CT molecular complexity index is 898. The lowest BCUT2D eigenvalue weighted by atomic mass is 10.2. The number of para-hydroxylation sites is 1. The van der Waals surface area contributed by atoms with Crippen LogP contribution in [0.4, 0.5) is 0 Å². The van der Waals surface area contributed by atoms with E-state index in [1.807, 2.05) is 24.3 Å². The van der Waals surface area contributed by atoms with Gasteiger partial charge in [-0.05, 0) is 36.8 Å². The average molecular weight is 397 g/mol. The van der Waals surface area contributed by atoms with E-state index in [-0.39, 0.29) is 13.3 Å². The predicted octanol–water partition coefficient (Wildman–Crippen LogP) is 2.47. The zero-order valence-corrected chi connectivity index (χ0v) is 16.1. The molecule has 2 aromatic carbocycles. The molecule has 8 nitrogen and oxygen atoms in total. The standard InChI is InChI=1S/C21H23N3O5/c1-2-3-10-27-17-7-5-4-6-16(17)12-23-24-20(25)13-22-21(26)15-8-9-18-19(11-15)29-14-28-18/h4-9,11-12H,2-3,10,13-14H2,1H3,(H,22,26)(H,24,25)/b23-12-. The first kappa shape index (κ1) is 20.2. The van der Waals surface area contributed by atoms with E-state index in [9.17, 15) is 9.59 Å². The summed E-state index contributed by atoms with van der Waals surface area (Å²) in [5.41, 5.74) is 3.53. The van der Waals surface area contributed by atoms with E-state index in [2.05, 4.69) is 22.8 Å². The van der Waals surface area contributed by atoms with Crippen LogP contribution in [0.3, 0.4) is 0 Å². The summed E-state index contributed by atoms with van der Waals surface area (Å²) in [5.74, 6) is 0.964. The fourth-order valence-corrected chi connectivity index (χ4v) is 2.56. The number of unbranched alkanes of at least 4 members (excludes halogenated alkanes) is 1. The monoisotopic (exact) mass is 397 g/mol. The number of nitrogens with zero attached hydrogens (tertiary/aromatic N) is 1. The van der Waals surface area contributed by atoms with Crippen molar-refractivity contribution in [3.63, 3.8) is 0 Å². The molecule has 0 saturated heterocycles. The van der Waals surface area contributed by atoms with Crippen LogP contribution in [-0.2, 0) is 4.79 Å². The summed E-state index contributed by atoms with van der Waals surface area (Å²) in [5, 5.41) is 6.47. The lowest BCUT2D eigenvalue weighted by Crippen LogP contribution is -2.34. The van der Waals surface area contributed by atoms with E-state index in [0.717, 1.165) is 18.4 Å². The number of benzene rings is 2. The van der Waals surface area contributed by atoms with Crippen LogP contribution in [0.25, 0.3) is 0 Å². The largest absolute Gasteiger partial charge is 0.493 e. The van der Waals surface area contributed by atoms with Crippen LogP contribution >= 0.6 is 0 Å². The van der Waals surface area contributed by atoms with E-state index in [4.69, 9.17) is 14.2 Å². The van der Waals surface area contributed by atoms with Crippen LogP contribution < -0.4 is 25.0 Å². The van der Waals surface area contributed by atoms with E-state index >= 15 is 0 Å². The predicted molar refractivity (Wildman–Crippen MR) is 107 cm³/mol. The smallest absolute Gasteiger partial charge is 0.259 e. The van der Waals surface area contributed by atoms with Crippen LogP contribution in [0, 0.1) is 0 Å². The molecule has 152 valence electrons. The molecule has 0 bridgehead atoms. The van der Waals surface area contributed by atoms with Gasteiger partial charge in [0.15, 0.2) is 11.5 Å². The van der Waals surface area contributed by atoms with Gasteiger partial charge in [-0.1, -0.05) is 25.5 Å². The Morgan fingerprint density at radius 3 is 2.86 bits per heavy atom. The fourth-order valence-electron chi connectivity index (χ4n) is 2.56. The maximum absolute atomic E-state index is 12.2. The molecule has 0 aromatic heterocycles. The van der Waals surface area contributed by atoms with Crippen molar-refractivity contribution in [2.24, 2.45) is 5.10 Å². The van der Waals surface area contributed by atoms with Gasteiger partial charge in [0.05, 0.1) is 19.4 Å². The number of rotatable bonds is 9. The van der Waals surface area contributed by atoms with Crippen LogP contribution in [-0.4, -0.2) is 38.0 Å². The van der Waals surface area contributed by atoms with Crippen molar-refractivity contribution in [3.8, 4) is 17.2 Å². The van der Waals surface area contributed by atoms with Crippen LogP contribution in [0.1, 0.15) is 35.7 Å². The molecule has 0 radical (unpaired) electrons. The first-order valence-corrected chi connectivity index (χ1v) is 9.39. The van der Waals surface area contributed by atoms with Gasteiger partial charge in [-0.3, -0.25) is 9.59 Å². The number of hydrogen-bond acceptors (Lipinski definition) is 6. The lowest BCUT2D eigenvalue weighted by Gasteiger charge is -2.08. The second kappa shape index (κ2) is 10.1. The topological polar surface area (TPSA) is 98.2 Å². The first-order chi connectivity index (χ1) is 14.2. The molecule has 2 aromatic rings. The number of ether oxygens (including phenoxy) is 3. The number of hydrogen-bond donors (Lipinski definition) is 2. The van der Waals surface area contributed by atoms with Gasteiger partial charge in [0.25, 0.3) is 11.8 Å². The van der Waals surface area contributed by atoms with Gasteiger partial charge in [-0.25, -0.2) is 5.43 Å². The van der Waals surface area contributed by atoms with E-state index < -0.39 is 11.8 Å². The van der Waals surface area contributed by atoms with Crippen LogP contribution in [0.2, 0.25) is 0 Å². The molecule has 2 N–H and O–H groups in total. The van der Waals surface area contributed by atoms with Crippen molar-refractivity contribution < 1.29 is 23.8 Å². The summed E-state index contributed by atoms with van der Waals surface area (Å²) in [6.45, 7) is 2.64. The van der Waals surface area contributed by atoms with Gasteiger partial charge in [-0.15, -0.1) is 0 Å². The molecule has 29 heavy (non-hydrogen) atoms. The molecule has 1 aliphatic rings. The highest BCUT2D eigenvalue weighted by atomic mass is 16.7. The van der Waals surface area contributed by atoms with Gasteiger partial charge in [0.1, 0.15) is 5.75 Å². The number of carbonyl (C=O) groups is 2. The van der Waals surface area contributed by atoms with Crippen molar-refractivity contribution in [2.75, 3.05) is 19.9 Å². The summed E-state index contributed by atoms with van der Waals surface area (Å²) < 4.78 is 16.2. The molecule has 1 heterocycles. The van der Waals surface area contributed by atoms with Crippen molar-refractivity contribution in [1.29, 1.82) is 0 Å². The zero-order valence-electron chi connectivity index (χ0n) is 16.1. The molecule has 0 unspecified atom stereocenters. The minimum absolute atomic E-state index is 0.133. The number of carbonyl (C=O) groups excluding carboxylic acids is 2. The molecule has 0 fully saturated rings. The minimum atomic E-state index is -0.445. The van der Waals surface area contributed by atoms with Gasteiger partial charge in [-0.2, -0.15) is 5.10 Å². The Kier molecular flexibility index (Phi) is 7.05. The zero-order chi connectivity index (χ0) is 20.5. The number of hydrazone groups is 1. The third-order valence-corrected chi connectivity index (χ3v) is 4.11. The van der Waals surface area contributed by atoms with Crippen molar-refractivity contribution in [1.82, 2.24) is 10.7 Å². The maximum atomic E-state index is 12.2. The van der Waals surface area contributed by atoms with Gasteiger partial charge in [0, 0.05) is 11.1 Å². The average Bonchev–Trinajstić information content (AvgIpc) is 3.21. The molecular formula is C21H23N3O5. The summed E-state index contributed by atoms with van der Waals surface area (Å²) >= 11 is 0. The molecule has 2 amide bonds. The van der Waals surface area contributed by atoms with E-state index in [0.29, 0.717) is 29.4 Å². The van der Waals surface area contributed by atoms with Crippen LogP contribution in [0.15, 0.2) is 47.6 Å². The van der Waals surface area contributed by atoms with Crippen molar-refractivity contribution in [3.05, 3.63) is 53.6 Å². The highest BCUT2D eigenvalue weighted by molar-refractivity contribution is 5.97. The fraction of sp³-hybridized carbons (Fsp3) is 0.286. The number of nitrogens with one attached hydrogen (secondary N) is 2. The third-order valence-electron chi connectivity index (χ3n) is 4.11. The van der Waals surface area contributed by atoms with E-state index in [1.165, 1.54) is 6.21 Å². The Labute approximate surface area is 168 Å². The third kappa shape index (κ3) is 5.71. The van der Waals surface area contributed by atoms with Crippen molar-refractivity contribution >= 4 is 18.0 Å². The summed E-state index contributed by atoms with van der Waals surface area (Å²) in [4.78, 5) is 24.1. The molecule has 1 aliphatic heterocycles.